The molecule has 2 aliphatic rings. The van der Waals surface area contributed by atoms with E-state index in [9.17, 15) is 0 Å². The molecule has 2 aromatic rings. The van der Waals surface area contributed by atoms with Crippen molar-refractivity contribution < 1.29 is 21.0 Å². The Bertz CT molecular complexity index is 1040. The van der Waals surface area contributed by atoms with E-state index in [1.54, 1.807) is 11.1 Å². The molecule has 0 saturated heterocycles. The number of benzene rings is 2. The van der Waals surface area contributed by atoms with E-state index in [-0.39, 0.29) is 10.8 Å². The van der Waals surface area contributed by atoms with Crippen molar-refractivity contribution >= 4 is 3.76 Å². The van der Waals surface area contributed by atoms with Crippen LogP contribution in [0.15, 0.2) is 73.4 Å². The summed E-state index contributed by atoms with van der Waals surface area (Å²) in [5.74, 6) is 0. The number of unbranched alkanes of at least 4 members (excludes halogenated alkanes) is 1. The van der Waals surface area contributed by atoms with Gasteiger partial charge in [-0.1, -0.05) is 0 Å². The number of rotatable bonds is 5. The van der Waals surface area contributed by atoms with Gasteiger partial charge < -0.3 is 0 Å². The Labute approximate surface area is 203 Å². The predicted molar refractivity (Wildman–Crippen MR) is 139 cm³/mol. The van der Waals surface area contributed by atoms with Crippen molar-refractivity contribution in [3.8, 4) is 11.1 Å². The molecule has 0 heterocycles. The fourth-order valence-corrected chi connectivity index (χ4v) is 16.7. The number of hydrogen-bond donors (Lipinski definition) is 0. The van der Waals surface area contributed by atoms with Crippen molar-refractivity contribution in [1.29, 1.82) is 0 Å². The fraction of sp³-hybridized carbons (Fsp3) is 0.387. The van der Waals surface area contributed by atoms with Crippen LogP contribution in [0, 0.1) is 0 Å². The minimum atomic E-state index is -2.29. The summed E-state index contributed by atoms with van der Waals surface area (Å²) in [5, 5.41) is 0. The zero-order chi connectivity index (χ0) is 23.1. The number of allylic oxidation sites excluding steroid dienone is 5. The molecule has 32 heavy (non-hydrogen) atoms. The molecular weight excluding hydrogens is 551 g/mol. The van der Waals surface area contributed by atoms with Gasteiger partial charge in [-0.2, -0.15) is 0 Å². The van der Waals surface area contributed by atoms with Crippen LogP contribution >= 0.6 is 0 Å². The molecule has 2 aromatic carbocycles. The maximum absolute atomic E-state index is 3.98. The molecule has 1 heteroatoms. The van der Waals surface area contributed by atoms with Crippen LogP contribution in [0.4, 0.5) is 0 Å². The standard InChI is InChI=1S/C21H25.C5H5.C5H8.Hf/c1-20(2,3)16-7-9-18-14(12-16)11-15-13-17(21(4,5)6)8-10-19(15)18;1-2-4-5-3-1;1-3-5-4-2;/h7-13H,1-6H3;1-5H;1,4H,2-3,5H2;. The molecule has 0 nitrogen and oxygen atoms in total. The molecule has 0 spiro atoms. The Morgan fingerprint density at radius 2 is 1.28 bits per heavy atom. The van der Waals surface area contributed by atoms with Crippen molar-refractivity contribution in [2.45, 2.75) is 72.6 Å². The van der Waals surface area contributed by atoms with Crippen molar-refractivity contribution in [3.63, 3.8) is 0 Å². The fourth-order valence-electron chi connectivity index (χ4n) is 5.02. The predicted octanol–water partition coefficient (Wildman–Crippen LogP) is 8.65. The van der Waals surface area contributed by atoms with Gasteiger partial charge in [-0.25, -0.2) is 0 Å². The summed E-state index contributed by atoms with van der Waals surface area (Å²) in [6, 6.07) is 14.7. The van der Waals surface area contributed by atoms with Gasteiger partial charge in [0, 0.05) is 0 Å². The molecule has 0 saturated carbocycles. The van der Waals surface area contributed by atoms with Gasteiger partial charge in [-0.3, -0.25) is 0 Å². The first-order chi connectivity index (χ1) is 15.1. The molecule has 0 bridgehead atoms. The topological polar surface area (TPSA) is 0 Å². The van der Waals surface area contributed by atoms with Crippen LogP contribution in [0.25, 0.3) is 11.1 Å². The number of fused-ring (bicyclic) bond motifs is 3. The Hall–Kier alpha value is -1.60. The molecule has 0 atom stereocenters. The van der Waals surface area contributed by atoms with E-state index in [2.05, 4.69) is 119 Å². The van der Waals surface area contributed by atoms with E-state index >= 15 is 0 Å². The normalized spacial score (nSPS) is 16.5. The van der Waals surface area contributed by atoms with Crippen LogP contribution in [0.3, 0.4) is 0 Å². The first kappa shape index (κ1) is 23.6. The zero-order valence-corrected chi connectivity index (χ0v) is 24.3. The van der Waals surface area contributed by atoms with Crippen LogP contribution in [-0.2, 0) is 31.8 Å². The first-order valence-corrected chi connectivity index (χ1v) is 18.3. The Balaban J connectivity index is 1.95. The molecule has 0 radical (unpaired) electrons. The SMILES string of the molecule is C=CCC[CH]=[Hf]([CH]1C=CC=C1)[CH]1c2cc(C(C)(C)C)ccc2-c2ccc(C(C)(C)C)cc21. The molecule has 166 valence electrons. The van der Waals surface area contributed by atoms with Gasteiger partial charge in [0.25, 0.3) is 0 Å². The second-order valence-corrected chi connectivity index (χ2v) is 20.9. The molecule has 0 aliphatic heterocycles. The average Bonchev–Trinajstić information content (AvgIpc) is 3.36. The maximum atomic E-state index is 3.98. The van der Waals surface area contributed by atoms with Gasteiger partial charge in [-0.05, 0) is 0 Å². The van der Waals surface area contributed by atoms with E-state index in [0.29, 0.717) is 7.35 Å². The third-order valence-electron chi connectivity index (χ3n) is 6.96. The summed E-state index contributed by atoms with van der Waals surface area (Å²) in [5.41, 5.74) is 9.39. The molecule has 4 rings (SSSR count). The summed E-state index contributed by atoms with van der Waals surface area (Å²) < 4.78 is 4.04. The van der Waals surface area contributed by atoms with Crippen LogP contribution in [-0.4, -0.2) is 3.76 Å². The molecule has 2 aliphatic carbocycles. The van der Waals surface area contributed by atoms with Crippen molar-refractivity contribution in [3.05, 3.63) is 95.6 Å². The zero-order valence-electron chi connectivity index (χ0n) is 20.7. The summed E-state index contributed by atoms with van der Waals surface area (Å²) in [6.45, 7) is 18.0. The van der Waals surface area contributed by atoms with Crippen LogP contribution in [0.1, 0.15) is 80.3 Å². The van der Waals surface area contributed by atoms with E-state index in [4.69, 9.17) is 0 Å². The van der Waals surface area contributed by atoms with Crippen LogP contribution in [0.2, 0.25) is 3.67 Å². The van der Waals surface area contributed by atoms with Crippen LogP contribution in [0.5, 0.6) is 0 Å². The molecule has 0 N–H and O–H groups in total. The summed E-state index contributed by atoms with van der Waals surface area (Å²) in [7, 11) is 0. The van der Waals surface area contributed by atoms with Gasteiger partial charge in [0.1, 0.15) is 0 Å². The van der Waals surface area contributed by atoms with Crippen molar-refractivity contribution in [2.75, 3.05) is 0 Å². The van der Waals surface area contributed by atoms with E-state index in [1.165, 1.54) is 28.7 Å². The summed E-state index contributed by atoms with van der Waals surface area (Å²) in [6.07, 6.45) is 13.8. The molecule has 0 amide bonds. The van der Waals surface area contributed by atoms with Gasteiger partial charge in [0.05, 0.1) is 0 Å². The quantitative estimate of drug-likeness (QED) is 0.186. The minimum absolute atomic E-state index is 0.163. The first-order valence-electron chi connectivity index (χ1n) is 12.1. The third-order valence-corrected chi connectivity index (χ3v) is 18.5. The van der Waals surface area contributed by atoms with Crippen LogP contribution < -0.4 is 0 Å². The second-order valence-electron chi connectivity index (χ2n) is 11.4. The molecule has 0 fully saturated rings. The second kappa shape index (κ2) is 8.98. The Morgan fingerprint density at radius 3 is 1.72 bits per heavy atom. The van der Waals surface area contributed by atoms with E-state index < -0.39 is 21.0 Å². The van der Waals surface area contributed by atoms with Crippen molar-refractivity contribution in [2.24, 2.45) is 0 Å². The monoisotopic (exact) mass is 590 g/mol. The summed E-state index contributed by atoms with van der Waals surface area (Å²) in [4.78, 5) is 0. The van der Waals surface area contributed by atoms with Crippen molar-refractivity contribution in [1.82, 2.24) is 0 Å². The Kier molecular flexibility index (Phi) is 6.61. The van der Waals surface area contributed by atoms with Gasteiger partial charge in [-0.15, -0.1) is 0 Å². The van der Waals surface area contributed by atoms with Gasteiger partial charge in [0.2, 0.25) is 0 Å². The number of hydrogen-bond acceptors (Lipinski definition) is 0. The Morgan fingerprint density at radius 1 is 0.781 bits per heavy atom. The van der Waals surface area contributed by atoms with Gasteiger partial charge >= 0.3 is 204 Å². The molecular formula is C31H38Hf. The van der Waals surface area contributed by atoms with Gasteiger partial charge in [0.15, 0.2) is 0 Å². The summed E-state index contributed by atoms with van der Waals surface area (Å²) >= 11 is -2.29. The molecule has 0 aromatic heterocycles. The van der Waals surface area contributed by atoms with E-state index in [1.807, 2.05) is 0 Å². The van der Waals surface area contributed by atoms with E-state index in [0.717, 1.165) is 6.42 Å². The molecule has 0 unspecified atom stereocenters. The third kappa shape index (κ3) is 4.56. The average molecular weight is 589 g/mol.